The Bertz CT molecular complexity index is 479. The van der Waals surface area contributed by atoms with Crippen LogP contribution in [-0.2, 0) is 9.84 Å². The van der Waals surface area contributed by atoms with E-state index in [0.29, 0.717) is 11.3 Å². The highest BCUT2D eigenvalue weighted by atomic mass is 32.2. The zero-order valence-electron chi connectivity index (χ0n) is 8.73. The minimum atomic E-state index is -3.12. The van der Waals surface area contributed by atoms with Crippen LogP contribution in [0, 0.1) is 6.92 Å². The summed E-state index contributed by atoms with van der Waals surface area (Å²) >= 11 is 0. The molecule has 0 aliphatic carbocycles. The van der Waals surface area contributed by atoms with E-state index in [2.05, 4.69) is 0 Å². The molecule has 3 nitrogen and oxygen atoms in total. The summed E-state index contributed by atoms with van der Waals surface area (Å²) in [5, 5.41) is 0. The summed E-state index contributed by atoms with van der Waals surface area (Å²) in [5.74, 6) is 0.221. The van der Waals surface area contributed by atoms with E-state index >= 15 is 0 Å². The normalized spacial score (nSPS) is 24.3. The number of fused-ring (bicyclic) bond motifs is 1. The molecule has 0 saturated heterocycles. The highest BCUT2D eigenvalue weighted by molar-refractivity contribution is 7.91. The van der Waals surface area contributed by atoms with Gasteiger partial charge >= 0.3 is 0 Å². The topological polar surface area (TPSA) is 60.2 Å². The maximum absolute atomic E-state index is 12.0. The Morgan fingerprint density at radius 2 is 2.13 bits per heavy atom. The summed E-state index contributed by atoms with van der Waals surface area (Å²) in [6.45, 7) is 1.83. The monoisotopic (exact) mass is 225 g/mol. The van der Waals surface area contributed by atoms with Crippen LogP contribution in [0.3, 0.4) is 0 Å². The van der Waals surface area contributed by atoms with Crippen molar-refractivity contribution in [3.8, 4) is 0 Å². The Morgan fingerprint density at radius 1 is 1.40 bits per heavy atom. The zero-order chi connectivity index (χ0) is 11.1. The van der Waals surface area contributed by atoms with Crippen molar-refractivity contribution >= 4 is 9.84 Å². The van der Waals surface area contributed by atoms with Crippen molar-refractivity contribution in [2.75, 3.05) is 5.75 Å². The van der Waals surface area contributed by atoms with E-state index in [4.69, 9.17) is 5.73 Å². The predicted octanol–water partition coefficient (Wildman–Crippen LogP) is 1.56. The van der Waals surface area contributed by atoms with Crippen LogP contribution < -0.4 is 5.73 Å². The molecule has 0 radical (unpaired) electrons. The van der Waals surface area contributed by atoms with E-state index in [9.17, 15) is 8.42 Å². The Labute approximate surface area is 90.2 Å². The van der Waals surface area contributed by atoms with Crippen molar-refractivity contribution in [2.45, 2.75) is 30.7 Å². The molecule has 0 saturated carbocycles. The van der Waals surface area contributed by atoms with Crippen LogP contribution in [0.1, 0.15) is 30.0 Å². The van der Waals surface area contributed by atoms with Gasteiger partial charge in [-0.1, -0.05) is 18.2 Å². The van der Waals surface area contributed by atoms with Crippen LogP contribution in [0.4, 0.5) is 0 Å². The molecule has 82 valence electrons. The van der Waals surface area contributed by atoms with Crippen LogP contribution in [-0.4, -0.2) is 14.2 Å². The molecule has 2 N–H and O–H groups in total. The number of sulfone groups is 1. The molecule has 1 aromatic carbocycles. The Kier molecular flexibility index (Phi) is 2.56. The maximum atomic E-state index is 12.0. The van der Waals surface area contributed by atoms with Crippen molar-refractivity contribution in [3.05, 3.63) is 29.3 Å². The molecule has 0 spiro atoms. The van der Waals surface area contributed by atoms with Gasteiger partial charge in [0.05, 0.1) is 10.6 Å². The van der Waals surface area contributed by atoms with Crippen LogP contribution >= 0.6 is 0 Å². The summed E-state index contributed by atoms with van der Waals surface area (Å²) in [7, 11) is -3.12. The zero-order valence-corrected chi connectivity index (χ0v) is 9.55. The minimum absolute atomic E-state index is 0.142. The summed E-state index contributed by atoms with van der Waals surface area (Å²) in [4.78, 5) is 0.468. The van der Waals surface area contributed by atoms with Gasteiger partial charge < -0.3 is 5.73 Å². The highest BCUT2D eigenvalue weighted by Gasteiger charge is 2.26. The third-order valence-electron chi connectivity index (χ3n) is 2.88. The first-order chi connectivity index (χ1) is 7.02. The molecule has 1 atom stereocenters. The predicted molar refractivity (Wildman–Crippen MR) is 59.4 cm³/mol. The van der Waals surface area contributed by atoms with Gasteiger partial charge in [-0.15, -0.1) is 0 Å². The molecule has 0 aromatic heterocycles. The van der Waals surface area contributed by atoms with E-state index in [1.54, 1.807) is 0 Å². The average Bonchev–Trinajstić information content (AvgIpc) is 2.26. The fourth-order valence-corrected chi connectivity index (χ4v) is 4.03. The number of benzene rings is 1. The molecule has 1 aliphatic rings. The third kappa shape index (κ3) is 1.79. The first-order valence-electron chi connectivity index (χ1n) is 5.10. The molecule has 0 fully saturated rings. The van der Waals surface area contributed by atoms with Crippen LogP contribution in [0.15, 0.2) is 23.1 Å². The van der Waals surface area contributed by atoms with Gasteiger partial charge in [-0.3, -0.25) is 0 Å². The summed E-state index contributed by atoms with van der Waals surface area (Å²) in [6, 6.07) is 5.39. The number of rotatable bonds is 0. The van der Waals surface area contributed by atoms with Gasteiger partial charge in [0.25, 0.3) is 0 Å². The standard InChI is InChI=1S/C11H15NO2S/c1-8-4-2-5-9-10(12)6-3-7-15(13,14)11(8)9/h2,4-5,10H,3,6-7,12H2,1H3. The Balaban J connectivity index is 2.74. The summed E-state index contributed by atoms with van der Waals surface area (Å²) < 4.78 is 24.0. The lowest BCUT2D eigenvalue weighted by Gasteiger charge is -2.13. The molecular weight excluding hydrogens is 210 g/mol. The maximum Gasteiger partial charge on any atom is 0.178 e. The third-order valence-corrected chi connectivity index (χ3v) is 4.89. The van der Waals surface area contributed by atoms with Crippen molar-refractivity contribution in [2.24, 2.45) is 5.73 Å². The Hall–Kier alpha value is -0.870. The van der Waals surface area contributed by atoms with Gasteiger partial charge in [-0.25, -0.2) is 8.42 Å². The van der Waals surface area contributed by atoms with Gasteiger partial charge in [0.1, 0.15) is 0 Å². The van der Waals surface area contributed by atoms with Crippen LogP contribution in [0.2, 0.25) is 0 Å². The molecule has 0 amide bonds. The van der Waals surface area contributed by atoms with Crippen LogP contribution in [0.5, 0.6) is 0 Å². The second kappa shape index (κ2) is 3.61. The van der Waals surface area contributed by atoms with Crippen molar-refractivity contribution in [1.82, 2.24) is 0 Å². The second-order valence-electron chi connectivity index (χ2n) is 4.06. The Morgan fingerprint density at radius 3 is 2.87 bits per heavy atom. The second-order valence-corrected chi connectivity index (χ2v) is 6.11. The van der Waals surface area contributed by atoms with E-state index in [0.717, 1.165) is 17.5 Å². The van der Waals surface area contributed by atoms with Gasteiger partial charge in [-0.05, 0) is 30.9 Å². The molecule has 2 rings (SSSR count). The largest absolute Gasteiger partial charge is 0.324 e. The van der Waals surface area contributed by atoms with E-state index < -0.39 is 9.84 Å². The number of hydrogen-bond donors (Lipinski definition) is 1. The molecule has 1 unspecified atom stereocenters. The first kappa shape index (κ1) is 10.6. The lowest BCUT2D eigenvalue weighted by molar-refractivity contribution is 0.593. The fraction of sp³-hybridized carbons (Fsp3) is 0.455. The smallest absolute Gasteiger partial charge is 0.178 e. The fourth-order valence-electron chi connectivity index (χ4n) is 2.14. The van der Waals surface area contributed by atoms with Gasteiger partial charge in [0, 0.05) is 6.04 Å². The van der Waals surface area contributed by atoms with Gasteiger partial charge in [-0.2, -0.15) is 0 Å². The van der Waals surface area contributed by atoms with Gasteiger partial charge in [0.15, 0.2) is 9.84 Å². The first-order valence-corrected chi connectivity index (χ1v) is 6.75. The van der Waals surface area contributed by atoms with Crippen molar-refractivity contribution in [1.29, 1.82) is 0 Å². The molecule has 1 heterocycles. The van der Waals surface area contributed by atoms with E-state index in [1.807, 2.05) is 25.1 Å². The van der Waals surface area contributed by atoms with Crippen LogP contribution in [0.25, 0.3) is 0 Å². The quantitative estimate of drug-likeness (QED) is 0.729. The lowest BCUT2D eigenvalue weighted by Crippen LogP contribution is -2.12. The molecule has 0 bridgehead atoms. The van der Waals surface area contributed by atoms with E-state index in [-0.39, 0.29) is 11.8 Å². The highest BCUT2D eigenvalue weighted by Crippen LogP contribution is 2.31. The summed E-state index contributed by atoms with van der Waals surface area (Å²) in [6.07, 6.45) is 1.40. The van der Waals surface area contributed by atoms with Gasteiger partial charge in [0.2, 0.25) is 0 Å². The molecule has 1 aromatic rings. The number of hydrogen-bond acceptors (Lipinski definition) is 3. The van der Waals surface area contributed by atoms with E-state index in [1.165, 1.54) is 0 Å². The minimum Gasteiger partial charge on any atom is -0.324 e. The molecule has 1 aliphatic heterocycles. The molecular formula is C11H15NO2S. The summed E-state index contributed by atoms with van der Waals surface area (Å²) in [5.41, 5.74) is 7.57. The number of aryl methyl sites for hydroxylation is 1. The molecule has 4 heteroatoms. The van der Waals surface area contributed by atoms with Crippen molar-refractivity contribution in [3.63, 3.8) is 0 Å². The molecule has 15 heavy (non-hydrogen) atoms. The average molecular weight is 225 g/mol. The SMILES string of the molecule is Cc1cccc2c1S(=O)(=O)CCCC2N. The van der Waals surface area contributed by atoms with Crippen molar-refractivity contribution < 1.29 is 8.42 Å². The lowest BCUT2D eigenvalue weighted by atomic mass is 10.0. The number of nitrogens with two attached hydrogens (primary N) is 1.